The Kier molecular flexibility index (Phi) is 5.03. The number of halogens is 1. The Bertz CT molecular complexity index is 955. The van der Waals surface area contributed by atoms with Gasteiger partial charge >= 0.3 is 5.97 Å². The number of anilines is 1. The fourth-order valence-electron chi connectivity index (χ4n) is 2.76. The third-order valence-electron chi connectivity index (χ3n) is 3.99. The lowest BCUT2D eigenvalue weighted by atomic mass is 10.2. The average molecular weight is 399 g/mol. The zero-order chi connectivity index (χ0) is 18.9. The topological polar surface area (TPSA) is 117 Å². The van der Waals surface area contributed by atoms with Gasteiger partial charge in [-0.1, -0.05) is 23.7 Å². The summed E-state index contributed by atoms with van der Waals surface area (Å²) in [6.07, 6.45) is 0.828. The zero-order valence-electron chi connectivity index (χ0n) is 13.4. The van der Waals surface area contributed by atoms with Gasteiger partial charge in [0.2, 0.25) is 16.8 Å². The van der Waals surface area contributed by atoms with Crippen LogP contribution in [0.2, 0.25) is 5.02 Å². The third kappa shape index (κ3) is 3.46. The highest BCUT2D eigenvalue weighted by Gasteiger charge is 2.41. The van der Waals surface area contributed by atoms with Gasteiger partial charge in [-0.15, -0.1) is 0 Å². The Morgan fingerprint density at radius 1 is 1.23 bits per heavy atom. The van der Waals surface area contributed by atoms with Crippen LogP contribution in [0.25, 0.3) is 0 Å². The zero-order valence-corrected chi connectivity index (χ0v) is 15.0. The van der Waals surface area contributed by atoms with Crippen molar-refractivity contribution in [2.75, 3.05) is 11.9 Å². The van der Waals surface area contributed by atoms with E-state index in [0.29, 0.717) is 23.6 Å². The standard InChI is InChI=1S/C16H15ClN2O6S/c17-10-4-1-2-5-11(10)18-15(20)12-6-3-9-19(12)26(23,24)14-8-7-13(25-14)16(21)22/h1-2,4-5,7-8,12H,3,6,9H2,(H,18,20)(H,21,22). The minimum atomic E-state index is -4.14. The van der Waals surface area contributed by atoms with Crippen molar-refractivity contribution in [2.45, 2.75) is 24.0 Å². The summed E-state index contributed by atoms with van der Waals surface area (Å²) in [7, 11) is -4.14. The maximum atomic E-state index is 12.7. The highest BCUT2D eigenvalue weighted by Crippen LogP contribution is 2.29. The quantitative estimate of drug-likeness (QED) is 0.798. The van der Waals surface area contributed by atoms with E-state index in [1.807, 2.05) is 0 Å². The van der Waals surface area contributed by atoms with Gasteiger partial charge in [-0.3, -0.25) is 4.79 Å². The highest BCUT2D eigenvalue weighted by atomic mass is 35.5. The molecule has 8 nitrogen and oxygen atoms in total. The minimum Gasteiger partial charge on any atom is -0.475 e. The van der Waals surface area contributed by atoms with Crippen molar-refractivity contribution in [3.63, 3.8) is 0 Å². The number of carbonyl (C=O) groups is 2. The van der Waals surface area contributed by atoms with Crippen LogP contribution in [0.1, 0.15) is 23.4 Å². The van der Waals surface area contributed by atoms with Crippen molar-refractivity contribution >= 4 is 39.2 Å². The second-order valence-corrected chi connectivity index (χ2v) is 7.90. The second-order valence-electron chi connectivity index (χ2n) is 5.67. The lowest BCUT2D eigenvalue weighted by Gasteiger charge is -2.22. The van der Waals surface area contributed by atoms with E-state index in [9.17, 15) is 18.0 Å². The molecule has 0 spiro atoms. The summed E-state index contributed by atoms with van der Waals surface area (Å²) in [4.78, 5) is 23.5. The number of carboxylic acid groups (broad SMARTS) is 1. The van der Waals surface area contributed by atoms with E-state index in [-0.39, 0.29) is 6.54 Å². The number of para-hydroxylation sites is 1. The molecule has 1 amide bonds. The Morgan fingerprint density at radius 3 is 2.62 bits per heavy atom. The number of furan rings is 1. The summed E-state index contributed by atoms with van der Waals surface area (Å²) in [5.74, 6) is -2.37. The molecule has 2 heterocycles. The van der Waals surface area contributed by atoms with E-state index in [1.54, 1.807) is 24.3 Å². The van der Waals surface area contributed by atoms with Crippen LogP contribution in [0.3, 0.4) is 0 Å². The number of sulfonamides is 1. The van der Waals surface area contributed by atoms with Gasteiger partial charge in [0.1, 0.15) is 6.04 Å². The predicted octanol–water partition coefficient (Wildman–Crippen LogP) is 2.42. The largest absolute Gasteiger partial charge is 0.475 e. The summed E-state index contributed by atoms with van der Waals surface area (Å²) in [5.41, 5.74) is 0.384. The first-order valence-electron chi connectivity index (χ1n) is 7.71. The molecule has 0 radical (unpaired) electrons. The first-order chi connectivity index (χ1) is 12.3. The normalized spacial score (nSPS) is 18.0. The Hall–Kier alpha value is -2.36. The van der Waals surface area contributed by atoms with Crippen LogP contribution >= 0.6 is 11.6 Å². The first-order valence-corrected chi connectivity index (χ1v) is 9.53. The fraction of sp³-hybridized carbons (Fsp3) is 0.250. The van der Waals surface area contributed by atoms with Crippen molar-refractivity contribution in [3.05, 3.63) is 47.2 Å². The molecule has 0 aliphatic carbocycles. The molecule has 2 aromatic rings. The van der Waals surface area contributed by atoms with E-state index in [2.05, 4.69) is 5.32 Å². The molecule has 1 aromatic heterocycles. The molecule has 1 aliphatic rings. The molecule has 26 heavy (non-hydrogen) atoms. The number of nitrogens with one attached hydrogen (secondary N) is 1. The molecular weight excluding hydrogens is 384 g/mol. The fourth-order valence-corrected chi connectivity index (χ4v) is 4.51. The number of carbonyl (C=O) groups excluding carboxylic acids is 1. The van der Waals surface area contributed by atoms with Gasteiger partial charge in [-0.05, 0) is 37.1 Å². The highest BCUT2D eigenvalue weighted by molar-refractivity contribution is 7.89. The van der Waals surface area contributed by atoms with Crippen LogP contribution in [0, 0.1) is 0 Å². The van der Waals surface area contributed by atoms with E-state index in [4.69, 9.17) is 21.1 Å². The molecule has 1 aliphatic heterocycles. The molecule has 1 aromatic carbocycles. The van der Waals surface area contributed by atoms with Crippen LogP contribution in [0.4, 0.5) is 5.69 Å². The van der Waals surface area contributed by atoms with Gasteiger partial charge in [-0.2, -0.15) is 4.31 Å². The molecule has 3 rings (SSSR count). The number of amides is 1. The van der Waals surface area contributed by atoms with Crippen LogP contribution in [-0.4, -0.2) is 42.3 Å². The van der Waals surface area contributed by atoms with Crippen LogP contribution in [0.15, 0.2) is 45.9 Å². The third-order valence-corrected chi connectivity index (χ3v) is 6.11. The van der Waals surface area contributed by atoms with E-state index >= 15 is 0 Å². The molecule has 0 saturated carbocycles. The molecule has 0 bridgehead atoms. The lowest BCUT2D eigenvalue weighted by molar-refractivity contribution is -0.119. The van der Waals surface area contributed by atoms with Crippen LogP contribution in [-0.2, 0) is 14.8 Å². The van der Waals surface area contributed by atoms with Gasteiger partial charge in [0.05, 0.1) is 10.7 Å². The SMILES string of the molecule is O=C(O)c1ccc(S(=O)(=O)N2CCCC2C(=O)Nc2ccccc2Cl)o1. The first kappa shape index (κ1) is 18.4. The van der Waals surface area contributed by atoms with E-state index < -0.39 is 38.8 Å². The lowest BCUT2D eigenvalue weighted by Crippen LogP contribution is -2.43. The van der Waals surface area contributed by atoms with Gasteiger partial charge in [-0.25, -0.2) is 13.2 Å². The van der Waals surface area contributed by atoms with E-state index in [1.165, 1.54) is 0 Å². The maximum Gasteiger partial charge on any atom is 0.371 e. The maximum absolute atomic E-state index is 12.7. The number of rotatable bonds is 5. The van der Waals surface area contributed by atoms with Crippen molar-refractivity contribution < 1.29 is 27.5 Å². The summed E-state index contributed by atoms with van der Waals surface area (Å²) in [6, 6.07) is 7.82. The number of aromatic carboxylic acids is 1. The number of benzene rings is 1. The van der Waals surface area contributed by atoms with Crippen molar-refractivity contribution in [2.24, 2.45) is 0 Å². The summed E-state index contributed by atoms with van der Waals surface area (Å²) < 4.78 is 31.4. The molecule has 10 heteroatoms. The molecule has 1 atom stereocenters. The molecule has 1 saturated heterocycles. The Labute approximate surface area is 154 Å². The van der Waals surface area contributed by atoms with Crippen molar-refractivity contribution in [1.29, 1.82) is 0 Å². The smallest absolute Gasteiger partial charge is 0.371 e. The molecule has 2 N–H and O–H groups in total. The number of carboxylic acids is 1. The summed E-state index contributed by atoms with van der Waals surface area (Å²) in [5, 5.41) is 11.3. The predicted molar refractivity (Wildman–Crippen MR) is 92.7 cm³/mol. The van der Waals surface area contributed by atoms with Gasteiger partial charge < -0.3 is 14.8 Å². The molecule has 138 valence electrons. The van der Waals surface area contributed by atoms with Crippen LogP contribution < -0.4 is 5.32 Å². The molecule has 1 unspecified atom stereocenters. The van der Waals surface area contributed by atoms with E-state index in [0.717, 1.165) is 16.4 Å². The van der Waals surface area contributed by atoms with Crippen LogP contribution in [0.5, 0.6) is 0 Å². The van der Waals surface area contributed by atoms with Crippen molar-refractivity contribution in [1.82, 2.24) is 4.31 Å². The van der Waals surface area contributed by atoms with Crippen molar-refractivity contribution in [3.8, 4) is 0 Å². The van der Waals surface area contributed by atoms with Gasteiger partial charge in [0.15, 0.2) is 0 Å². The number of nitrogens with zero attached hydrogens (tertiary/aromatic N) is 1. The Balaban J connectivity index is 1.83. The Morgan fingerprint density at radius 2 is 1.96 bits per heavy atom. The average Bonchev–Trinajstić information content (AvgIpc) is 3.27. The monoisotopic (exact) mass is 398 g/mol. The summed E-state index contributed by atoms with van der Waals surface area (Å²) >= 11 is 6.01. The number of hydrogen-bond donors (Lipinski definition) is 2. The molecule has 1 fully saturated rings. The van der Waals surface area contributed by atoms with Gasteiger partial charge in [0.25, 0.3) is 10.0 Å². The van der Waals surface area contributed by atoms with Gasteiger partial charge in [0, 0.05) is 6.54 Å². The second kappa shape index (κ2) is 7.10. The summed E-state index contributed by atoms with van der Waals surface area (Å²) in [6.45, 7) is 0.131. The number of hydrogen-bond acceptors (Lipinski definition) is 5. The molecular formula is C16H15ClN2O6S. The minimum absolute atomic E-state index is 0.131.